The SMILES string of the molecule is Cn1cc(-c2ccc3c(c2)C(=O)C[C@@]32C(=O)N(CC(=O)N3Cc4cc(F)ccc4OC[C@H]3C3CC3)C(=O)N2C(=O)OC(C)(C)C)cn1. The lowest BCUT2D eigenvalue weighted by Crippen LogP contribution is -2.50. The van der Waals surface area contributed by atoms with Gasteiger partial charge < -0.3 is 14.4 Å². The minimum atomic E-state index is -2.03. The Morgan fingerprint density at radius 2 is 1.85 bits per heavy atom. The van der Waals surface area contributed by atoms with Crippen LogP contribution in [0.1, 0.15) is 61.5 Å². The molecule has 2 aliphatic heterocycles. The summed E-state index contributed by atoms with van der Waals surface area (Å²) in [6.07, 6.45) is 3.56. The number of rotatable bonds is 4. The summed E-state index contributed by atoms with van der Waals surface area (Å²) in [5, 5.41) is 4.18. The summed E-state index contributed by atoms with van der Waals surface area (Å²) >= 11 is 0. The minimum absolute atomic E-state index is 0.0165. The number of halogens is 1. The first kappa shape index (κ1) is 30.6. The van der Waals surface area contributed by atoms with Crippen molar-refractivity contribution in [3.05, 3.63) is 71.3 Å². The average Bonchev–Trinajstić information content (AvgIpc) is 3.68. The molecule has 3 heterocycles. The van der Waals surface area contributed by atoms with Crippen molar-refractivity contribution in [1.82, 2.24) is 24.5 Å². The molecule has 0 unspecified atom stereocenters. The molecule has 0 radical (unpaired) electrons. The highest BCUT2D eigenvalue weighted by molar-refractivity contribution is 6.20. The number of ether oxygens (including phenoxy) is 2. The number of aryl methyl sites for hydroxylation is 1. The molecule has 1 saturated heterocycles. The smallest absolute Gasteiger partial charge is 0.419 e. The highest BCUT2D eigenvalue weighted by atomic mass is 19.1. The maximum absolute atomic E-state index is 14.5. The predicted octanol–water partition coefficient (Wildman–Crippen LogP) is 4.41. The standard InChI is InChI=1S/C34H34FN5O7/c1-33(2,3)47-32(45)40-31(44)39(17-29(42)38-16-21-11-23(35)8-10-28(21)46-18-26(38)19-5-6-19)30(43)34(40)13-27(41)24-12-20(7-9-25(24)34)22-14-36-37(4)15-22/h7-12,14-15,19,26H,5-6,13,16-18H2,1-4H3/t26-,34-/m0/s1. The van der Waals surface area contributed by atoms with Crippen molar-refractivity contribution >= 4 is 29.7 Å². The van der Waals surface area contributed by atoms with E-state index in [-0.39, 0.29) is 36.2 Å². The van der Waals surface area contributed by atoms with Gasteiger partial charge in [0.1, 0.15) is 30.3 Å². The second-order valence-corrected chi connectivity index (χ2v) is 13.6. The molecule has 2 atom stereocenters. The van der Waals surface area contributed by atoms with E-state index in [0.717, 1.165) is 23.3 Å². The number of hydrogen-bond acceptors (Lipinski definition) is 8. The first-order valence-corrected chi connectivity index (χ1v) is 15.5. The van der Waals surface area contributed by atoms with Crippen molar-refractivity contribution in [3.8, 4) is 16.9 Å². The van der Waals surface area contributed by atoms with Gasteiger partial charge in [-0.15, -0.1) is 0 Å². The van der Waals surface area contributed by atoms with Crippen LogP contribution in [0.2, 0.25) is 0 Å². The van der Waals surface area contributed by atoms with Gasteiger partial charge in [0.25, 0.3) is 5.91 Å². The summed E-state index contributed by atoms with van der Waals surface area (Å²) in [6.45, 7) is 4.36. The molecule has 1 aromatic heterocycles. The van der Waals surface area contributed by atoms with E-state index in [1.54, 1.807) is 63.1 Å². The molecule has 4 aliphatic rings. The van der Waals surface area contributed by atoms with Gasteiger partial charge in [-0.3, -0.25) is 24.0 Å². The molecule has 2 aliphatic carbocycles. The molecule has 47 heavy (non-hydrogen) atoms. The van der Waals surface area contributed by atoms with Crippen LogP contribution in [0.25, 0.3) is 11.1 Å². The van der Waals surface area contributed by atoms with Gasteiger partial charge in [0.15, 0.2) is 11.3 Å². The van der Waals surface area contributed by atoms with E-state index in [1.165, 1.54) is 23.1 Å². The van der Waals surface area contributed by atoms with Gasteiger partial charge in [-0.2, -0.15) is 5.10 Å². The van der Waals surface area contributed by atoms with E-state index in [1.807, 2.05) is 0 Å². The number of urea groups is 1. The summed E-state index contributed by atoms with van der Waals surface area (Å²) in [5.41, 5.74) is -0.834. The van der Waals surface area contributed by atoms with Crippen molar-refractivity contribution in [2.45, 2.75) is 63.8 Å². The quantitative estimate of drug-likeness (QED) is 0.382. The largest absolute Gasteiger partial charge is 0.491 e. The number of imide groups is 2. The van der Waals surface area contributed by atoms with Crippen LogP contribution < -0.4 is 4.74 Å². The van der Waals surface area contributed by atoms with Gasteiger partial charge in [-0.25, -0.2) is 18.9 Å². The second-order valence-electron chi connectivity index (χ2n) is 13.6. The van der Waals surface area contributed by atoms with Gasteiger partial charge in [0, 0.05) is 42.9 Å². The number of nitrogens with zero attached hydrogens (tertiary/aromatic N) is 5. The molecule has 3 aromatic rings. The number of benzene rings is 2. The van der Waals surface area contributed by atoms with Crippen molar-refractivity contribution in [2.75, 3.05) is 13.2 Å². The fourth-order valence-corrected chi connectivity index (χ4v) is 6.82. The summed E-state index contributed by atoms with van der Waals surface area (Å²) in [7, 11) is 1.76. The van der Waals surface area contributed by atoms with Crippen molar-refractivity contribution in [1.29, 1.82) is 0 Å². The third kappa shape index (κ3) is 5.13. The average molecular weight is 644 g/mol. The van der Waals surface area contributed by atoms with Crippen molar-refractivity contribution in [2.24, 2.45) is 13.0 Å². The van der Waals surface area contributed by atoms with E-state index in [9.17, 15) is 28.4 Å². The van der Waals surface area contributed by atoms with Gasteiger partial charge in [-0.1, -0.05) is 12.1 Å². The predicted molar refractivity (Wildman–Crippen MR) is 163 cm³/mol. The molecule has 5 amide bonds. The number of hydrogen-bond donors (Lipinski definition) is 0. The fraction of sp³-hybridized carbons (Fsp3) is 0.412. The number of amides is 5. The van der Waals surface area contributed by atoms with Crippen LogP contribution in [0.15, 0.2) is 48.8 Å². The van der Waals surface area contributed by atoms with Crippen LogP contribution in [0.5, 0.6) is 5.75 Å². The summed E-state index contributed by atoms with van der Waals surface area (Å²) < 4.78 is 27.3. The Kier molecular flexibility index (Phi) is 6.99. The van der Waals surface area contributed by atoms with E-state index in [0.29, 0.717) is 21.8 Å². The third-order valence-corrected chi connectivity index (χ3v) is 9.15. The molecular weight excluding hydrogens is 609 g/mol. The third-order valence-electron chi connectivity index (χ3n) is 9.15. The normalized spacial score (nSPS) is 22.4. The van der Waals surface area contributed by atoms with Crippen LogP contribution in [-0.2, 0) is 33.5 Å². The first-order valence-electron chi connectivity index (χ1n) is 15.5. The van der Waals surface area contributed by atoms with Gasteiger partial charge in [0.05, 0.1) is 12.2 Å². The molecule has 13 heteroatoms. The maximum Gasteiger partial charge on any atom is 0.419 e. The molecule has 2 fully saturated rings. The molecule has 1 saturated carbocycles. The Hall–Kier alpha value is -5.07. The van der Waals surface area contributed by atoms with Crippen molar-refractivity contribution in [3.63, 3.8) is 0 Å². The van der Waals surface area contributed by atoms with Crippen molar-refractivity contribution < 1.29 is 37.8 Å². The lowest BCUT2D eigenvalue weighted by atomic mass is 9.89. The van der Waals surface area contributed by atoms with Crippen LogP contribution in [-0.4, -0.2) is 79.0 Å². The number of ketones is 1. The zero-order valence-corrected chi connectivity index (χ0v) is 26.5. The lowest BCUT2D eigenvalue weighted by molar-refractivity contribution is -0.142. The Balaban J connectivity index is 1.26. The minimum Gasteiger partial charge on any atom is -0.491 e. The molecule has 1 spiro atoms. The van der Waals surface area contributed by atoms with E-state index < -0.39 is 59.6 Å². The monoisotopic (exact) mass is 643 g/mol. The number of fused-ring (bicyclic) bond motifs is 3. The summed E-state index contributed by atoms with van der Waals surface area (Å²) in [6, 6.07) is 7.58. The summed E-state index contributed by atoms with van der Waals surface area (Å²) in [5.74, 6) is -1.75. The number of aromatic nitrogens is 2. The topological polar surface area (TPSA) is 131 Å². The zero-order valence-electron chi connectivity index (χ0n) is 26.5. The fourth-order valence-electron chi connectivity index (χ4n) is 6.82. The molecular formula is C34H34FN5O7. The molecule has 0 bridgehead atoms. The molecule has 0 N–H and O–H groups in total. The number of Topliss-reactive ketones (excluding diaryl/α,β-unsaturated/α-hetero) is 1. The molecule has 7 rings (SSSR count). The van der Waals surface area contributed by atoms with Crippen LogP contribution >= 0.6 is 0 Å². The van der Waals surface area contributed by atoms with E-state index in [4.69, 9.17) is 9.47 Å². The zero-order chi connectivity index (χ0) is 33.4. The first-order chi connectivity index (χ1) is 22.3. The number of carbonyl (C=O) groups excluding carboxylic acids is 5. The van der Waals surface area contributed by atoms with E-state index >= 15 is 0 Å². The summed E-state index contributed by atoms with van der Waals surface area (Å²) in [4.78, 5) is 73.0. The van der Waals surface area contributed by atoms with Crippen LogP contribution in [0.3, 0.4) is 0 Å². The van der Waals surface area contributed by atoms with E-state index in [2.05, 4.69) is 5.10 Å². The highest BCUT2D eigenvalue weighted by Crippen LogP contribution is 2.49. The maximum atomic E-state index is 14.5. The Labute approximate surface area is 270 Å². The molecule has 12 nitrogen and oxygen atoms in total. The second kappa shape index (κ2) is 10.7. The number of carbonyl (C=O) groups is 5. The highest BCUT2D eigenvalue weighted by Gasteiger charge is 2.66. The van der Waals surface area contributed by atoms with Crippen LogP contribution in [0.4, 0.5) is 14.0 Å². The van der Waals surface area contributed by atoms with Gasteiger partial charge in [-0.05, 0) is 74.9 Å². The molecule has 2 aromatic carbocycles. The Bertz CT molecular complexity index is 1860. The Morgan fingerprint density at radius 3 is 2.53 bits per heavy atom. The Morgan fingerprint density at radius 1 is 1.09 bits per heavy atom. The van der Waals surface area contributed by atoms with Gasteiger partial charge in [0.2, 0.25) is 5.91 Å². The molecule has 244 valence electrons. The lowest BCUT2D eigenvalue weighted by Gasteiger charge is -2.32. The van der Waals surface area contributed by atoms with Crippen LogP contribution in [0, 0.1) is 11.7 Å². The van der Waals surface area contributed by atoms with Gasteiger partial charge >= 0.3 is 12.1 Å².